The first-order valence-corrected chi connectivity index (χ1v) is 5.53. The average Bonchev–Trinajstić information content (AvgIpc) is 2.26. The molecule has 0 aliphatic carbocycles. The fourth-order valence-corrected chi connectivity index (χ4v) is 1.81. The lowest BCUT2D eigenvalue weighted by atomic mass is 10.4. The fourth-order valence-electron chi connectivity index (χ4n) is 0.888. The van der Waals surface area contributed by atoms with Crippen molar-refractivity contribution in [1.29, 1.82) is 0 Å². The average molecular weight is 227 g/mol. The van der Waals surface area contributed by atoms with Crippen molar-refractivity contribution < 1.29 is 12.6 Å². The molecule has 0 heterocycles. The summed E-state index contributed by atoms with van der Waals surface area (Å²) in [5, 5.41) is 3.16. The van der Waals surface area contributed by atoms with Crippen LogP contribution >= 0.6 is 0 Å². The van der Waals surface area contributed by atoms with Gasteiger partial charge in [-0.3, -0.25) is 4.18 Å². The minimum atomic E-state index is -3.72. The van der Waals surface area contributed by atoms with Gasteiger partial charge >= 0.3 is 0 Å². The lowest BCUT2D eigenvalue weighted by Gasteiger charge is -2.02. The van der Waals surface area contributed by atoms with E-state index in [1.54, 1.807) is 18.2 Å². The van der Waals surface area contributed by atoms with Crippen molar-refractivity contribution in [3.63, 3.8) is 0 Å². The molecule has 0 amide bonds. The summed E-state index contributed by atoms with van der Waals surface area (Å²) in [5.41, 5.74) is 7.97. The Bertz CT molecular complexity index is 451. The van der Waals surface area contributed by atoms with Gasteiger partial charge in [0.1, 0.15) is 0 Å². The van der Waals surface area contributed by atoms with Crippen molar-refractivity contribution in [2.24, 2.45) is 5.11 Å². The summed E-state index contributed by atoms with van der Waals surface area (Å²) in [6.45, 7) is -0.163. The molecule has 0 saturated heterocycles. The molecule has 6 nitrogen and oxygen atoms in total. The summed E-state index contributed by atoms with van der Waals surface area (Å²) < 4.78 is 27.5. The second kappa shape index (κ2) is 5.35. The van der Waals surface area contributed by atoms with E-state index in [0.29, 0.717) is 0 Å². The quantitative estimate of drug-likeness (QED) is 0.252. The van der Waals surface area contributed by atoms with Crippen LogP contribution in [0.3, 0.4) is 0 Å². The van der Waals surface area contributed by atoms with E-state index in [1.807, 2.05) is 0 Å². The monoisotopic (exact) mass is 227 g/mol. The zero-order chi connectivity index (χ0) is 11.1. The smallest absolute Gasteiger partial charge is 0.266 e. The molecule has 7 heteroatoms. The molecular formula is C8H9N3O3S. The van der Waals surface area contributed by atoms with Crippen LogP contribution in [0.15, 0.2) is 40.3 Å². The Morgan fingerprint density at radius 1 is 1.33 bits per heavy atom. The van der Waals surface area contributed by atoms with Crippen LogP contribution in [0, 0.1) is 0 Å². The van der Waals surface area contributed by atoms with Gasteiger partial charge in [-0.1, -0.05) is 23.3 Å². The van der Waals surface area contributed by atoms with Gasteiger partial charge in [0.2, 0.25) is 0 Å². The maximum absolute atomic E-state index is 11.4. The highest BCUT2D eigenvalue weighted by Gasteiger charge is 2.13. The van der Waals surface area contributed by atoms with Gasteiger partial charge in [0.15, 0.2) is 0 Å². The van der Waals surface area contributed by atoms with Crippen LogP contribution in [-0.2, 0) is 14.3 Å². The van der Waals surface area contributed by atoms with Crippen molar-refractivity contribution >= 4 is 10.1 Å². The van der Waals surface area contributed by atoms with E-state index < -0.39 is 10.1 Å². The molecule has 0 unspecified atom stereocenters. The predicted octanol–water partition coefficient (Wildman–Crippen LogP) is 1.70. The van der Waals surface area contributed by atoms with Crippen LogP contribution in [0.1, 0.15) is 0 Å². The van der Waals surface area contributed by atoms with E-state index >= 15 is 0 Å². The van der Waals surface area contributed by atoms with Crippen LogP contribution in [0.2, 0.25) is 0 Å². The molecule has 80 valence electrons. The van der Waals surface area contributed by atoms with Gasteiger partial charge < -0.3 is 0 Å². The second-order valence-corrected chi connectivity index (χ2v) is 4.16. The Morgan fingerprint density at radius 3 is 2.60 bits per heavy atom. The maximum Gasteiger partial charge on any atom is 0.296 e. The summed E-state index contributed by atoms with van der Waals surface area (Å²) in [5.74, 6) is 0. The fraction of sp³-hybridized carbons (Fsp3) is 0.250. The Balaban J connectivity index is 2.64. The first-order chi connectivity index (χ1) is 7.17. The standard InChI is InChI=1S/C8H9N3O3S/c9-11-10-6-7-14-15(12,13)8-4-2-1-3-5-8/h1-5H,6-7H2. The van der Waals surface area contributed by atoms with E-state index in [-0.39, 0.29) is 18.0 Å². The van der Waals surface area contributed by atoms with E-state index in [4.69, 9.17) is 5.53 Å². The topological polar surface area (TPSA) is 92.1 Å². The highest BCUT2D eigenvalue weighted by atomic mass is 32.2. The first kappa shape index (κ1) is 11.5. The Hall–Kier alpha value is -1.56. The SMILES string of the molecule is [N-]=[N+]=NCCOS(=O)(=O)c1ccccc1. The van der Waals surface area contributed by atoms with Crippen LogP contribution in [0.25, 0.3) is 10.4 Å². The van der Waals surface area contributed by atoms with Crippen molar-refractivity contribution in [2.45, 2.75) is 4.90 Å². The van der Waals surface area contributed by atoms with E-state index in [2.05, 4.69) is 14.2 Å². The molecule has 0 bridgehead atoms. The molecule has 0 aliphatic heterocycles. The lowest BCUT2D eigenvalue weighted by molar-refractivity contribution is 0.327. The molecule has 0 aromatic heterocycles. The van der Waals surface area contributed by atoms with E-state index in [0.717, 1.165) is 0 Å². The molecule has 0 atom stereocenters. The number of azide groups is 1. The molecule has 0 aliphatic rings. The van der Waals surface area contributed by atoms with Gasteiger partial charge in [-0.15, -0.1) is 0 Å². The summed E-state index contributed by atoms with van der Waals surface area (Å²) in [4.78, 5) is 2.57. The Morgan fingerprint density at radius 2 is 2.00 bits per heavy atom. The summed E-state index contributed by atoms with van der Waals surface area (Å²) in [6.07, 6.45) is 0. The predicted molar refractivity (Wildman–Crippen MR) is 53.6 cm³/mol. The van der Waals surface area contributed by atoms with Crippen molar-refractivity contribution in [1.82, 2.24) is 0 Å². The van der Waals surface area contributed by atoms with E-state index in [1.165, 1.54) is 12.1 Å². The third-order valence-electron chi connectivity index (χ3n) is 1.52. The van der Waals surface area contributed by atoms with Crippen molar-refractivity contribution in [3.05, 3.63) is 40.8 Å². The zero-order valence-electron chi connectivity index (χ0n) is 7.78. The Kier molecular flexibility index (Phi) is 4.11. The van der Waals surface area contributed by atoms with Crippen molar-refractivity contribution in [2.75, 3.05) is 13.2 Å². The normalized spacial score (nSPS) is 10.7. The number of hydrogen-bond donors (Lipinski definition) is 0. The van der Waals surface area contributed by atoms with Crippen molar-refractivity contribution in [3.8, 4) is 0 Å². The third-order valence-corrected chi connectivity index (χ3v) is 2.85. The minimum Gasteiger partial charge on any atom is -0.266 e. The molecular weight excluding hydrogens is 218 g/mol. The van der Waals surface area contributed by atoms with Gasteiger partial charge in [-0.05, 0) is 17.7 Å². The number of nitrogens with zero attached hydrogens (tertiary/aromatic N) is 3. The molecule has 0 N–H and O–H groups in total. The highest BCUT2D eigenvalue weighted by molar-refractivity contribution is 7.86. The molecule has 0 radical (unpaired) electrons. The lowest BCUT2D eigenvalue weighted by Crippen LogP contribution is -2.08. The third kappa shape index (κ3) is 3.59. The minimum absolute atomic E-state index is 0.0113. The van der Waals surface area contributed by atoms with Crippen LogP contribution in [0.4, 0.5) is 0 Å². The number of benzene rings is 1. The first-order valence-electron chi connectivity index (χ1n) is 4.12. The molecule has 15 heavy (non-hydrogen) atoms. The maximum atomic E-state index is 11.4. The molecule has 0 fully saturated rings. The molecule has 0 spiro atoms. The Labute approximate surface area is 87.2 Å². The largest absolute Gasteiger partial charge is 0.296 e. The highest BCUT2D eigenvalue weighted by Crippen LogP contribution is 2.10. The second-order valence-electron chi connectivity index (χ2n) is 2.54. The number of hydrogen-bond acceptors (Lipinski definition) is 4. The van der Waals surface area contributed by atoms with Gasteiger partial charge in [0.05, 0.1) is 18.0 Å². The van der Waals surface area contributed by atoms with Gasteiger partial charge in [0.25, 0.3) is 10.1 Å². The van der Waals surface area contributed by atoms with Crippen LogP contribution in [0.5, 0.6) is 0 Å². The molecule has 1 aromatic carbocycles. The van der Waals surface area contributed by atoms with E-state index in [9.17, 15) is 8.42 Å². The molecule has 0 saturated carbocycles. The molecule has 1 aromatic rings. The zero-order valence-corrected chi connectivity index (χ0v) is 8.59. The number of rotatable bonds is 5. The van der Waals surface area contributed by atoms with Gasteiger partial charge in [-0.2, -0.15) is 8.42 Å². The van der Waals surface area contributed by atoms with Gasteiger partial charge in [0, 0.05) is 4.91 Å². The molecule has 1 rings (SSSR count). The summed E-state index contributed by atoms with van der Waals surface area (Å²) in [7, 11) is -3.72. The van der Waals surface area contributed by atoms with Crippen LogP contribution in [-0.4, -0.2) is 21.6 Å². The summed E-state index contributed by atoms with van der Waals surface area (Å²) >= 11 is 0. The van der Waals surface area contributed by atoms with Crippen LogP contribution < -0.4 is 0 Å². The summed E-state index contributed by atoms with van der Waals surface area (Å²) in [6, 6.07) is 7.78. The van der Waals surface area contributed by atoms with Gasteiger partial charge in [-0.25, -0.2) is 0 Å².